The van der Waals surface area contributed by atoms with Crippen LogP contribution >= 0.6 is 24.0 Å². The van der Waals surface area contributed by atoms with Crippen LogP contribution < -0.4 is 15.2 Å². The highest BCUT2D eigenvalue weighted by Gasteiger charge is 2.33. The molecule has 36 heavy (non-hydrogen) atoms. The Bertz CT molecular complexity index is 1410. The van der Waals surface area contributed by atoms with Gasteiger partial charge in [0.1, 0.15) is 21.5 Å². The number of hydrogen-bond acceptors (Lipinski definition) is 7. The van der Waals surface area contributed by atoms with Crippen molar-refractivity contribution < 1.29 is 9.53 Å². The molecule has 0 atom stereocenters. The molecule has 3 aromatic rings. The molecule has 0 aliphatic carbocycles. The molecule has 1 amide bonds. The van der Waals surface area contributed by atoms with Crippen LogP contribution in [0.4, 0.5) is 5.82 Å². The fraction of sp³-hybridized carbons (Fsp3) is 0.333. The summed E-state index contributed by atoms with van der Waals surface area (Å²) in [5, 5.41) is 0. The lowest BCUT2D eigenvalue weighted by atomic mass is 10.2. The third kappa shape index (κ3) is 4.77. The molecule has 0 unspecified atom stereocenters. The number of nitrogens with zero attached hydrogens (tertiary/aromatic N) is 4. The second kappa shape index (κ2) is 10.4. The summed E-state index contributed by atoms with van der Waals surface area (Å²) >= 11 is 6.78. The smallest absolute Gasteiger partial charge is 0.267 e. The number of benzene rings is 1. The summed E-state index contributed by atoms with van der Waals surface area (Å²) < 4.78 is 7.27. The van der Waals surface area contributed by atoms with Crippen molar-refractivity contribution in [2.45, 2.75) is 39.2 Å². The van der Waals surface area contributed by atoms with Gasteiger partial charge in [0.25, 0.3) is 11.5 Å². The molecular formula is C27H28N4O3S2. The topological polar surface area (TPSA) is 67.2 Å². The van der Waals surface area contributed by atoms with Crippen molar-refractivity contribution >= 4 is 51.7 Å². The van der Waals surface area contributed by atoms with Crippen LogP contribution in [-0.2, 0) is 11.3 Å². The number of amides is 1. The number of aromatic nitrogens is 2. The average Bonchev–Trinajstić information content (AvgIpc) is 3.06. The molecule has 2 fully saturated rings. The highest BCUT2D eigenvalue weighted by molar-refractivity contribution is 8.26. The number of hydrogen-bond donors (Lipinski definition) is 0. The van der Waals surface area contributed by atoms with E-state index in [1.807, 2.05) is 43.3 Å². The van der Waals surface area contributed by atoms with E-state index in [4.69, 9.17) is 21.9 Å². The Morgan fingerprint density at radius 1 is 1.08 bits per heavy atom. The van der Waals surface area contributed by atoms with Crippen molar-refractivity contribution in [3.63, 3.8) is 0 Å². The molecule has 2 aliphatic rings. The molecule has 0 N–H and O–H groups in total. The van der Waals surface area contributed by atoms with E-state index in [-0.39, 0.29) is 11.5 Å². The summed E-state index contributed by atoms with van der Waals surface area (Å²) in [4.78, 5) is 36.3. The molecule has 9 heteroatoms. The number of thioether (sulfide) groups is 1. The van der Waals surface area contributed by atoms with Crippen LogP contribution in [0.15, 0.2) is 52.3 Å². The molecule has 7 nitrogen and oxygen atoms in total. The van der Waals surface area contributed by atoms with Crippen molar-refractivity contribution in [3.05, 3.63) is 74.5 Å². The van der Waals surface area contributed by atoms with Crippen LogP contribution in [0.5, 0.6) is 5.75 Å². The van der Waals surface area contributed by atoms with E-state index < -0.39 is 0 Å². The van der Waals surface area contributed by atoms with Gasteiger partial charge in [0.2, 0.25) is 0 Å². The summed E-state index contributed by atoms with van der Waals surface area (Å²) in [6.45, 7) is 4.00. The fourth-order valence-electron chi connectivity index (χ4n) is 4.63. The number of carbonyl (C=O) groups is 1. The average molecular weight is 521 g/mol. The Morgan fingerprint density at radius 3 is 2.50 bits per heavy atom. The second-order valence-electron chi connectivity index (χ2n) is 9.06. The summed E-state index contributed by atoms with van der Waals surface area (Å²) in [5.74, 6) is 1.21. The van der Waals surface area contributed by atoms with Crippen LogP contribution in [0.1, 0.15) is 42.4 Å². The van der Waals surface area contributed by atoms with Gasteiger partial charge in [-0.25, -0.2) is 4.98 Å². The number of rotatable bonds is 5. The van der Waals surface area contributed by atoms with Crippen molar-refractivity contribution in [1.82, 2.24) is 14.3 Å². The molecule has 186 valence electrons. The van der Waals surface area contributed by atoms with Gasteiger partial charge in [-0.05, 0) is 55.2 Å². The number of fused-ring (bicyclic) bond motifs is 1. The number of thiocarbonyl (C=S) groups is 1. The molecule has 0 spiro atoms. The van der Waals surface area contributed by atoms with Gasteiger partial charge < -0.3 is 9.64 Å². The van der Waals surface area contributed by atoms with E-state index in [0.717, 1.165) is 42.8 Å². The maximum atomic E-state index is 13.7. The minimum Gasteiger partial charge on any atom is -0.497 e. The summed E-state index contributed by atoms with van der Waals surface area (Å²) in [5.41, 5.74) is 2.78. The van der Waals surface area contributed by atoms with E-state index in [1.165, 1.54) is 24.6 Å². The van der Waals surface area contributed by atoms with Crippen LogP contribution in [-0.4, -0.2) is 44.7 Å². The molecule has 2 aromatic heterocycles. The number of anilines is 1. The monoisotopic (exact) mass is 520 g/mol. The Balaban J connectivity index is 1.54. The predicted molar refractivity (Wildman–Crippen MR) is 149 cm³/mol. The van der Waals surface area contributed by atoms with Crippen molar-refractivity contribution in [3.8, 4) is 5.75 Å². The first kappa shape index (κ1) is 24.5. The largest absolute Gasteiger partial charge is 0.497 e. The minimum absolute atomic E-state index is 0.177. The third-order valence-corrected chi connectivity index (χ3v) is 8.00. The minimum atomic E-state index is -0.198. The van der Waals surface area contributed by atoms with Gasteiger partial charge in [0, 0.05) is 19.3 Å². The van der Waals surface area contributed by atoms with Gasteiger partial charge in [0.05, 0.1) is 24.1 Å². The number of pyridine rings is 1. The third-order valence-electron chi connectivity index (χ3n) is 6.62. The van der Waals surface area contributed by atoms with Crippen molar-refractivity contribution in [1.29, 1.82) is 0 Å². The fourth-order valence-corrected chi connectivity index (χ4v) is 5.87. The molecule has 0 bridgehead atoms. The highest BCUT2D eigenvalue weighted by Crippen LogP contribution is 2.35. The SMILES string of the molecule is COc1ccc(CN2C(=O)/C(=C\c3c(N4CCCCCC4)nc4c(C)cccn4c3=O)SC2=S)cc1. The van der Waals surface area contributed by atoms with Gasteiger partial charge in [-0.1, -0.05) is 55.0 Å². The zero-order valence-corrected chi connectivity index (χ0v) is 22.0. The second-order valence-corrected chi connectivity index (χ2v) is 10.7. The van der Waals surface area contributed by atoms with Gasteiger partial charge in [-0.2, -0.15) is 0 Å². The van der Waals surface area contributed by atoms with E-state index in [1.54, 1.807) is 28.7 Å². The zero-order chi connectivity index (χ0) is 25.2. The Hall–Kier alpha value is -3.17. The molecule has 1 aromatic carbocycles. The van der Waals surface area contributed by atoms with Gasteiger partial charge in [-0.15, -0.1) is 0 Å². The first-order valence-electron chi connectivity index (χ1n) is 12.1. The normalized spacial score (nSPS) is 17.8. The zero-order valence-electron chi connectivity index (χ0n) is 20.4. The summed E-state index contributed by atoms with van der Waals surface area (Å²) in [7, 11) is 1.62. The maximum Gasteiger partial charge on any atom is 0.267 e. The van der Waals surface area contributed by atoms with E-state index in [0.29, 0.717) is 32.8 Å². The van der Waals surface area contributed by atoms with Crippen LogP contribution in [0.25, 0.3) is 11.7 Å². The van der Waals surface area contributed by atoms with E-state index >= 15 is 0 Å². The Labute approximate surface area is 219 Å². The van der Waals surface area contributed by atoms with E-state index in [2.05, 4.69) is 4.90 Å². The number of ether oxygens (including phenoxy) is 1. The van der Waals surface area contributed by atoms with Gasteiger partial charge in [0.15, 0.2) is 0 Å². The number of carbonyl (C=O) groups excluding carboxylic acids is 1. The standard InChI is InChI=1S/C27H28N4O3S2/c1-18-8-7-15-30-23(18)28-24(29-13-5-3-4-6-14-29)21(25(30)32)16-22-26(33)31(27(35)36-22)17-19-9-11-20(34-2)12-10-19/h7-12,15-16H,3-6,13-14,17H2,1-2H3/b22-16+. The number of aryl methyl sites for hydroxylation is 1. The van der Waals surface area contributed by atoms with Gasteiger partial charge >= 0.3 is 0 Å². The summed E-state index contributed by atoms with van der Waals surface area (Å²) in [6, 6.07) is 11.4. The first-order valence-corrected chi connectivity index (χ1v) is 13.3. The maximum absolute atomic E-state index is 13.7. The molecule has 0 saturated carbocycles. The lowest BCUT2D eigenvalue weighted by molar-refractivity contribution is -0.122. The molecular weight excluding hydrogens is 492 g/mol. The lowest BCUT2D eigenvalue weighted by Gasteiger charge is -2.24. The Kier molecular flexibility index (Phi) is 7.11. The van der Waals surface area contributed by atoms with Gasteiger partial charge in [-0.3, -0.25) is 18.9 Å². The Morgan fingerprint density at radius 2 is 1.81 bits per heavy atom. The van der Waals surface area contributed by atoms with Crippen LogP contribution in [0.2, 0.25) is 0 Å². The molecule has 5 rings (SSSR count). The predicted octanol–water partition coefficient (Wildman–Crippen LogP) is 4.79. The molecule has 0 radical (unpaired) electrons. The molecule has 2 saturated heterocycles. The van der Waals surface area contributed by atoms with Crippen molar-refractivity contribution in [2.24, 2.45) is 0 Å². The quantitative estimate of drug-likeness (QED) is 0.354. The molecule has 4 heterocycles. The first-order chi connectivity index (χ1) is 17.5. The summed E-state index contributed by atoms with van der Waals surface area (Å²) in [6.07, 6.45) is 7.87. The van der Waals surface area contributed by atoms with Crippen molar-refractivity contribution in [2.75, 3.05) is 25.1 Å². The molecule has 2 aliphatic heterocycles. The van der Waals surface area contributed by atoms with Crippen LogP contribution in [0.3, 0.4) is 0 Å². The number of methoxy groups -OCH3 is 1. The van der Waals surface area contributed by atoms with E-state index in [9.17, 15) is 9.59 Å². The van der Waals surface area contributed by atoms with Crippen LogP contribution in [0, 0.1) is 6.92 Å². The highest BCUT2D eigenvalue weighted by atomic mass is 32.2. The lowest BCUT2D eigenvalue weighted by Crippen LogP contribution is -2.30.